The standard InChI is InChI=1S/C18H12FN3O3S/c19-13-8-10-14(11-9-13)20-18-21-17(23)16(26-18)7-3-5-12-4-1-2-6-15(12)22(24)25/h1-11H,(H,20,21,23)/b5-3+,16-7+. The van der Waals surface area contributed by atoms with E-state index in [1.807, 2.05) is 0 Å². The Labute approximate surface area is 152 Å². The van der Waals surface area contributed by atoms with Crippen molar-refractivity contribution >= 4 is 40.3 Å². The maximum atomic E-state index is 12.9. The minimum atomic E-state index is -0.461. The van der Waals surface area contributed by atoms with Gasteiger partial charge in [-0.05, 0) is 54.2 Å². The van der Waals surface area contributed by atoms with Crippen LogP contribution in [0.15, 0.2) is 70.6 Å². The molecular weight excluding hydrogens is 357 g/mol. The summed E-state index contributed by atoms with van der Waals surface area (Å²) in [4.78, 5) is 27.1. The molecule has 6 nitrogen and oxygen atoms in total. The van der Waals surface area contributed by atoms with E-state index in [0.29, 0.717) is 21.3 Å². The quantitative estimate of drug-likeness (QED) is 0.498. The molecule has 3 rings (SSSR count). The zero-order chi connectivity index (χ0) is 18.5. The molecule has 0 aliphatic carbocycles. The average Bonchev–Trinajstić information content (AvgIpc) is 2.96. The highest BCUT2D eigenvalue weighted by atomic mass is 32.2. The maximum Gasteiger partial charge on any atom is 0.276 e. The van der Waals surface area contributed by atoms with Gasteiger partial charge in [-0.3, -0.25) is 14.9 Å². The number of rotatable bonds is 4. The number of nitrogens with one attached hydrogen (secondary N) is 1. The molecule has 1 N–H and O–H groups in total. The highest BCUT2D eigenvalue weighted by molar-refractivity contribution is 8.18. The summed E-state index contributed by atoms with van der Waals surface area (Å²) >= 11 is 1.14. The van der Waals surface area contributed by atoms with Crippen LogP contribution in [0, 0.1) is 15.9 Å². The van der Waals surface area contributed by atoms with Gasteiger partial charge in [-0.1, -0.05) is 18.2 Å². The van der Waals surface area contributed by atoms with Gasteiger partial charge in [0.25, 0.3) is 11.6 Å². The van der Waals surface area contributed by atoms with Crippen LogP contribution in [0.3, 0.4) is 0 Å². The zero-order valence-electron chi connectivity index (χ0n) is 13.3. The number of amides is 1. The second kappa shape index (κ2) is 7.75. The maximum absolute atomic E-state index is 12.9. The predicted molar refractivity (Wildman–Crippen MR) is 99.4 cm³/mol. The molecule has 0 atom stereocenters. The van der Waals surface area contributed by atoms with Crippen LogP contribution in [-0.2, 0) is 4.79 Å². The van der Waals surface area contributed by atoms with Gasteiger partial charge in [-0.15, -0.1) is 0 Å². The van der Waals surface area contributed by atoms with E-state index in [2.05, 4.69) is 10.3 Å². The SMILES string of the molecule is O=C1NC(=Nc2ccc(F)cc2)S/C1=C/C=C/c1ccccc1[N+](=O)[O-]. The second-order valence-electron chi connectivity index (χ2n) is 5.16. The molecule has 1 aliphatic rings. The molecule has 26 heavy (non-hydrogen) atoms. The van der Waals surface area contributed by atoms with Crippen molar-refractivity contribution in [2.75, 3.05) is 0 Å². The van der Waals surface area contributed by atoms with E-state index in [1.54, 1.807) is 36.4 Å². The number of nitrogens with zero attached hydrogens (tertiary/aromatic N) is 2. The van der Waals surface area contributed by atoms with Crippen molar-refractivity contribution in [3.8, 4) is 0 Å². The average molecular weight is 369 g/mol. The van der Waals surface area contributed by atoms with Crippen LogP contribution in [0.25, 0.3) is 6.08 Å². The van der Waals surface area contributed by atoms with Crippen molar-refractivity contribution in [2.45, 2.75) is 0 Å². The van der Waals surface area contributed by atoms with E-state index in [1.165, 1.54) is 30.3 Å². The molecule has 0 bridgehead atoms. The first-order valence-electron chi connectivity index (χ1n) is 7.48. The predicted octanol–water partition coefficient (Wildman–Crippen LogP) is 4.18. The van der Waals surface area contributed by atoms with E-state index in [9.17, 15) is 19.3 Å². The van der Waals surface area contributed by atoms with Crippen LogP contribution >= 0.6 is 11.8 Å². The van der Waals surface area contributed by atoms with Crippen LogP contribution in [0.1, 0.15) is 5.56 Å². The number of carbonyl (C=O) groups is 1. The lowest BCUT2D eigenvalue weighted by atomic mass is 10.1. The number of thioether (sulfide) groups is 1. The third-order valence-corrected chi connectivity index (χ3v) is 4.29. The van der Waals surface area contributed by atoms with Crippen molar-refractivity contribution < 1.29 is 14.1 Å². The van der Waals surface area contributed by atoms with E-state index < -0.39 is 4.92 Å². The minimum absolute atomic E-state index is 0.00996. The number of amidine groups is 1. The topological polar surface area (TPSA) is 84.6 Å². The van der Waals surface area contributed by atoms with Gasteiger partial charge < -0.3 is 5.32 Å². The third-order valence-electron chi connectivity index (χ3n) is 3.36. The van der Waals surface area contributed by atoms with E-state index in [-0.39, 0.29) is 17.4 Å². The second-order valence-corrected chi connectivity index (χ2v) is 6.19. The van der Waals surface area contributed by atoms with E-state index >= 15 is 0 Å². The van der Waals surface area contributed by atoms with Gasteiger partial charge >= 0.3 is 0 Å². The fraction of sp³-hybridized carbons (Fsp3) is 0. The number of hydrogen-bond donors (Lipinski definition) is 1. The highest BCUT2D eigenvalue weighted by Gasteiger charge is 2.23. The number of carbonyl (C=O) groups excluding carboxylic acids is 1. The van der Waals surface area contributed by atoms with Crippen molar-refractivity contribution in [3.63, 3.8) is 0 Å². The molecule has 0 saturated carbocycles. The number of nitro benzene ring substituents is 1. The number of allylic oxidation sites excluding steroid dienone is 2. The van der Waals surface area contributed by atoms with Crippen LogP contribution < -0.4 is 5.32 Å². The lowest BCUT2D eigenvalue weighted by Gasteiger charge is -1.95. The van der Waals surface area contributed by atoms with Gasteiger partial charge in [0.05, 0.1) is 21.1 Å². The van der Waals surface area contributed by atoms with Crippen molar-refractivity contribution in [3.05, 3.63) is 87.1 Å². The minimum Gasteiger partial charge on any atom is -0.300 e. The van der Waals surface area contributed by atoms with Gasteiger partial charge in [-0.2, -0.15) is 0 Å². The summed E-state index contributed by atoms with van der Waals surface area (Å²) in [5.74, 6) is -0.680. The van der Waals surface area contributed by atoms with E-state index in [0.717, 1.165) is 11.8 Å². The number of benzene rings is 2. The van der Waals surface area contributed by atoms with Gasteiger partial charge in [0, 0.05) is 6.07 Å². The van der Waals surface area contributed by atoms with Crippen LogP contribution in [0.2, 0.25) is 0 Å². The smallest absolute Gasteiger partial charge is 0.276 e. The number of hydrogen-bond acceptors (Lipinski definition) is 5. The molecule has 1 fully saturated rings. The third kappa shape index (κ3) is 4.22. The summed E-state index contributed by atoms with van der Waals surface area (Å²) in [6, 6.07) is 11.9. The molecule has 2 aromatic rings. The summed E-state index contributed by atoms with van der Waals surface area (Å²) in [6.45, 7) is 0. The molecular formula is C18H12FN3O3S. The molecule has 1 aliphatic heterocycles. The summed E-state index contributed by atoms with van der Waals surface area (Å²) in [6.07, 6.45) is 4.70. The lowest BCUT2D eigenvalue weighted by molar-refractivity contribution is -0.385. The van der Waals surface area contributed by atoms with Crippen molar-refractivity contribution in [1.82, 2.24) is 5.32 Å². The fourth-order valence-electron chi connectivity index (χ4n) is 2.16. The molecule has 0 radical (unpaired) electrons. The molecule has 130 valence electrons. The number of halogens is 1. The van der Waals surface area contributed by atoms with Gasteiger partial charge in [0.1, 0.15) is 5.82 Å². The number of aliphatic imine (C=N–C) groups is 1. The Morgan fingerprint density at radius 2 is 1.88 bits per heavy atom. The monoisotopic (exact) mass is 369 g/mol. The fourth-order valence-corrected chi connectivity index (χ4v) is 2.96. The first kappa shape index (κ1) is 17.6. The lowest BCUT2D eigenvalue weighted by Crippen LogP contribution is -2.19. The van der Waals surface area contributed by atoms with Gasteiger partial charge in [-0.25, -0.2) is 9.38 Å². The molecule has 1 amide bonds. The molecule has 0 spiro atoms. The first-order valence-corrected chi connectivity index (χ1v) is 8.30. The van der Waals surface area contributed by atoms with Crippen LogP contribution in [0.4, 0.5) is 15.8 Å². The Hall–Kier alpha value is -3.26. The molecule has 8 heteroatoms. The molecule has 1 saturated heterocycles. The van der Waals surface area contributed by atoms with Crippen molar-refractivity contribution in [1.29, 1.82) is 0 Å². The summed E-state index contributed by atoms with van der Waals surface area (Å²) in [5.41, 5.74) is 0.952. The Balaban J connectivity index is 1.75. The zero-order valence-corrected chi connectivity index (χ0v) is 14.1. The summed E-state index contributed by atoms with van der Waals surface area (Å²) in [7, 11) is 0. The van der Waals surface area contributed by atoms with Gasteiger partial charge in [0.15, 0.2) is 5.17 Å². The summed E-state index contributed by atoms with van der Waals surface area (Å²) in [5, 5.41) is 14.0. The Bertz CT molecular complexity index is 952. The Morgan fingerprint density at radius 3 is 2.62 bits per heavy atom. The van der Waals surface area contributed by atoms with Gasteiger partial charge in [0.2, 0.25) is 0 Å². The Morgan fingerprint density at radius 1 is 1.15 bits per heavy atom. The molecule has 0 unspecified atom stereocenters. The molecule has 1 heterocycles. The largest absolute Gasteiger partial charge is 0.300 e. The van der Waals surface area contributed by atoms with E-state index in [4.69, 9.17) is 0 Å². The normalized spacial score (nSPS) is 17.2. The Kier molecular flexibility index (Phi) is 5.23. The number of para-hydroxylation sites is 1. The molecule has 0 aromatic heterocycles. The van der Waals surface area contributed by atoms with Crippen molar-refractivity contribution in [2.24, 2.45) is 4.99 Å². The van der Waals surface area contributed by atoms with Crippen LogP contribution in [-0.4, -0.2) is 16.0 Å². The number of nitro groups is 1. The first-order chi connectivity index (χ1) is 12.5. The van der Waals surface area contributed by atoms with Crippen LogP contribution in [0.5, 0.6) is 0 Å². The highest BCUT2D eigenvalue weighted by Crippen LogP contribution is 2.26. The summed E-state index contributed by atoms with van der Waals surface area (Å²) < 4.78 is 12.9. The molecule has 2 aromatic carbocycles.